The van der Waals surface area contributed by atoms with Crippen molar-refractivity contribution in [2.45, 2.75) is 46.1 Å². The normalized spacial score (nSPS) is 13.7. The summed E-state index contributed by atoms with van der Waals surface area (Å²) in [5.74, 6) is -0.448. The molecule has 1 heterocycles. The number of carbonyl (C=O) groups is 2. The van der Waals surface area contributed by atoms with E-state index in [9.17, 15) is 9.59 Å². The van der Waals surface area contributed by atoms with Crippen LogP contribution in [0.3, 0.4) is 0 Å². The van der Waals surface area contributed by atoms with Crippen LogP contribution in [-0.2, 0) is 41.8 Å². The number of nitrogens with zero attached hydrogens (tertiary/aromatic N) is 1. The molecule has 0 spiro atoms. The summed E-state index contributed by atoms with van der Waals surface area (Å²) in [4.78, 5) is 25.1. The summed E-state index contributed by atoms with van der Waals surface area (Å²) in [6.45, 7) is 4.62. The Morgan fingerprint density at radius 2 is 1.27 bits per heavy atom. The molecule has 2 aromatic carbocycles. The Balaban J connectivity index is 1.77. The Hall–Kier alpha value is -2.68. The van der Waals surface area contributed by atoms with Gasteiger partial charge in [0.2, 0.25) is 0 Å². The van der Waals surface area contributed by atoms with Crippen molar-refractivity contribution in [2.24, 2.45) is 0 Å². The minimum absolute atomic E-state index is 0.224. The number of aryl methyl sites for hydroxylation is 4. The molecule has 1 aliphatic heterocycles. The molecule has 0 aromatic heterocycles. The molecule has 0 bridgehead atoms. The van der Waals surface area contributed by atoms with Gasteiger partial charge in [-0.05, 0) is 53.5 Å². The first-order valence-electron chi connectivity index (χ1n) is 9.32. The van der Waals surface area contributed by atoms with Gasteiger partial charge < -0.3 is 0 Å². The fourth-order valence-electron chi connectivity index (χ4n) is 3.27. The van der Waals surface area contributed by atoms with Crippen LogP contribution < -0.4 is 0 Å². The number of carbonyl (C=O) groups excluding carboxylic acids is 2. The van der Waals surface area contributed by atoms with Crippen molar-refractivity contribution in [3.8, 4) is 0 Å². The Morgan fingerprint density at radius 1 is 0.692 bits per heavy atom. The third kappa shape index (κ3) is 4.10. The number of imide groups is 1. The molecule has 3 nitrogen and oxygen atoms in total. The summed E-state index contributed by atoms with van der Waals surface area (Å²) in [6.07, 6.45) is 6.53. The van der Waals surface area contributed by atoms with E-state index in [4.69, 9.17) is 0 Å². The Labute approximate surface area is 155 Å². The Bertz CT molecular complexity index is 816. The summed E-state index contributed by atoms with van der Waals surface area (Å²) in [5, 5.41) is 0. The van der Waals surface area contributed by atoms with Gasteiger partial charge in [0.15, 0.2) is 0 Å². The van der Waals surface area contributed by atoms with Gasteiger partial charge in [-0.3, -0.25) is 14.5 Å². The van der Waals surface area contributed by atoms with Crippen molar-refractivity contribution in [2.75, 3.05) is 0 Å². The van der Waals surface area contributed by atoms with Gasteiger partial charge in [0.1, 0.15) is 0 Å². The molecule has 2 aromatic rings. The number of hydrogen-bond donors (Lipinski definition) is 0. The molecule has 2 amide bonds. The molecule has 3 heteroatoms. The van der Waals surface area contributed by atoms with Crippen LogP contribution in [0.2, 0.25) is 0 Å². The smallest absolute Gasteiger partial charge is 0.253 e. The highest BCUT2D eigenvalue weighted by Gasteiger charge is 2.24. The first kappa shape index (κ1) is 18.1. The summed E-state index contributed by atoms with van der Waals surface area (Å²) in [7, 11) is 0. The van der Waals surface area contributed by atoms with Crippen LogP contribution in [0.25, 0.3) is 0 Å². The van der Waals surface area contributed by atoms with Crippen LogP contribution in [-0.4, -0.2) is 16.7 Å². The predicted molar refractivity (Wildman–Crippen MR) is 104 cm³/mol. The molecule has 0 atom stereocenters. The minimum Gasteiger partial charge on any atom is -0.271 e. The highest BCUT2D eigenvalue weighted by atomic mass is 16.2. The van der Waals surface area contributed by atoms with Gasteiger partial charge in [-0.15, -0.1) is 0 Å². The second kappa shape index (κ2) is 8.13. The van der Waals surface area contributed by atoms with Crippen LogP contribution in [0.15, 0.2) is 54.6 Å². The van der Waals surface area contributed by atoms with E-state index in [2.05, 4.69) is 56.3 Å². The lowest BCUT2D eigenvalue weighted by atomic mass is 9.96. The molecular formula is C23H25NO2. The molecule has 1 aliphatic rings. The molecule has 3 rings (SSSR count). The van der Waals surface area contributed by atoms with Crippen LogP contribution >= 0.6 is 0 Å². The predicted octanol–water partition coefficient (Wildman–Crippen LogP) is 4.02. The molecule has 0 saturated carbocycles. The van der Waals surface area contributed by atoms with E-state index in [1.807, 2.05) is 0 Å². The quantitative estimate of drug-likeness (QED) is 0.710. The zero-order chi connectivity index (χ0) is 18.5. The molecule has 0 unspecified atom stereocenters. The van der Waals surface area contributed by atoms with E-state index in [1.54, 1.807) is 0 Å². The largest absolute Gasteiger partial charge is 0.271 e. The van der Waals surface area contributed by atoms with Crippen molar-refractivity contribution in [1.82, 2.24) is 4.90 Å². The van der Waals surface area contributed by atoms with Gasteiger partial charge in [0.25, 0.3) is 11.8 Å². The van der Waals surface area contributed by atoms with Gasteiger partial charge in [-0.2, -0.15) is 0 Å². The maximum Gasteiger partial charge on any atom is 0.253 e. The highest BCUT2D eigenvalue weighted by molar-refractivity contribution is 6.12. The number of rotatable bonds is 7. The first-order valence-corrected chi connectivity index (χ1v) is 9.32. The maximum absolute atomic E-state index is 11.9. The van der Waals surface area contributed by atoms with Crippen LogP contribution in [0, 0.1) is 0 Å². The molecule has 0 saturated heterocycles. The van der Waals surface area contributed by atoms with Crippen molar-refractivity contribution in [3.63, 3.8) is 0 Å². The van der Waals surface area contributed by atoms with Crippen molar-refractivity contribution in [1.29, 1.82) is 0 Å². The first-order chi connectivity index (χ1) is 12.6. The number of hydrogen-bond acceptors (Lipinski definition) is 2. The van der Waals surface area contributed by atoms with Crippen LogP contribution in [0.4, 0.5) is 0 Å². The fraction of sp³-hybridized carbons (Fsp3) is 0.304. The van der Waals surface area contributed by atoms with Gasteiger partial charge >= 0.3 is 0 Å². The van der Waals surface area contributed by atoms with E-state index >= 15 is 0 Å². The van der Waals surface area contributed by atoms with Gasteiger partial charge in [0.05, 0.1) is 6.54 Å². The molecule has 0 radical (unpaired) electrons. The van der Waals surface area contributed by atoms with Gasteiger partial charge in [-0.25, -0.2) is 0 Å². The third-order valence-corrected chi connectivity index (χ3v) is 5.02. The summed E-state index contributed by atoms with van der Waals surface area (Å²) in [5.41, 5.74) is 6.15. The van der Waals surface area contributed by atoms with Gasteiger partial charge in [0, 0.05) is 12.2 Å². The third-order valence-electron chi connectivity index (χ3n) is 5.02. The van der Waals surface area contributed by atoms with E-state index < -0.39 is 0 Å². The lowest BCUT2D eigenvalue weighted by molar-refractivity contribution is -0.137. The average Bonchev–Trinajstić information content (AvgIpc) is 2.99. The van der Waals surface area contributed by atoms with E-state index in [0.717, 1.165) is 31.2 Å². The molecular weight excluding hydrogens is 322 g/mol. The molecule has 134 valence electrons. The van der Waals surface area contributed by atoms with Crippen molar-refractivity contribution in [3.05, 3.63) is 82.4 Å². The van der Waals surface area contributed by atoms with E-state index in [-0.39, 0.29) is 11.8 Å². The summed E-state index contributed by atoms with van der Waals surface area (Å²) in [6, 6.07) is 15.2. The monoisotopic (exact) mass is 347 g/mol. The molecule has 0 N–H and O–H groups in total. The second-order valence-electron chi connectivity index (χ2n) is 6.72. The zero-order valence-corrected chi connectivity index (χ0v) is 15.5. The topological polar surface area (TPSA) is 37.4 Å². The second-order valence-corrected chi connectivity index (χ2v) is 6.72. The minimum atomic E-state index is -0.224. The Kier molecular flexibility index (Phi) is 5.67. The van der Waals surface area contributed by atoms with E-state index in [1.165, 1.54) is 39.3 Å². The van der Waals surface area contributed by atoms with Gasteiger partial charge in [-0.1, -0.05) is 56.3 Å². The Morgan fingerprint density at radius 3 is 1.88 bits per heavy atom. The maximum atomic E-state index is 11.9. The van der Waals surface area contributed by atoms with Crippen molar-refractivity contribution < 1.29 is 9.59 Å². The summed E-state index contributed by atoms with van der Waals surface area (Å²) < 4.78 is 0. The number of amides is 2. The SMILES string of the molecule is CCc1ccc(CCc2ccc(CC)cc2CN2C(=O)C=CC2=O)cc1. The zero-order valence-electron chi connectivity index (χ0n) is 15.5. The standard InChI is InChI=1S/C23H25NO2/c1-3-17-5-7-19(8-6-17)10-12-20-11-9-18(4-2)15-21(20)16-24-22(25)13-14-23(24)26/h5-9,11,13-15H,3-4,10,12,16H2,1-2H3. The summed E-state index contributed by atoms with van der Waals surface area (Å²) >= 11 is 0. The number of benzene rings is 2. The molecule has 0 fully saturated rings. The average molecular weight is 347 g/mol. The van der Waals surface area contributed by atoms with Crippen LogP contribution in [0.5, 0.6) is 0 Å². The molecule has 26 heavy (non-hydrogen) atoms. The van der Waals surface area contributed by atoms with Crippen LogP contribution in [0.1, 0.15) is 41.7 Å². The highest BCUT2D eigenvalue weighted by Crippen LogP contribution is 2.20. The molecule has 0 aliphatic carbocycles. The lowest BCUT2D eigenvalue weighted by Crippen LogP contribution is -2.29. The lowest BCUT2D eigenvalue weighted by Gasteiger charge is -2.18. The van der Waals surface area contributed by atoms with Crippen molar-refractivity contribution >= 4 is 11.8 Å². The van der Waals surface area contributed by atoms with E-state index in [0.29, 0.717) is 6.54 Å². The fourth-order valence-corrected chi connectivity index (χ4v) is 3.27.